The van der Waals surface area contributed by atoms with Crippen molar-refractivity contribution >= 4 is 11.8 Å². The number of likely N-dealkylation sites (tertiary alicyclic amines) is 1. The molecule has 4 heteroatoms. The molecule has 0 aromatic heterocycles. The molecule has 1 heterocycles. The zero-order valence-corrected chi connectivity index (χ0v) is 11.7. The molecule has 0 radical (unpaired) electrons. The van der Waals surface area contributed by atoms with Crippen LogP contribution in [0.15, 0.2) is 29.2 Å². The van der Waals surface area contributed by atoms with Gasteiger partial charge in [0.25, 0.3) is 0 Å². The number of thioether (sulfide) groups is 1. The van der Waals surface area contributed by atoms with Crippen LogP contribution < -0.4 is 5.32 Å². The molecule has 0 spiro atoms. The molecule has 0 bridgehead atoms. The van der Waals surface area contributed by atoms with Crippen molar-refractivity contribution in [2.24, 2.45) is 5.92 Å². The van der Waals surface area contributed by atoms with Crippen LogP contribution in [-0.4, -0.2) is 43.9 Å². The molecule has 1 atom stereocenters. The van der Waals surface area contributed by atoms with Gasteiger partial charge in [-0.05, 0) is 56.7 Å². The Morgan fingerprint density at radius 3 is 2.89 bits per heavy atom. The Morgan fingerprint density at radius 1 is 1.39 bits per heavy atom. The number of nitrogens with zero attached hydrogens (tertiary/aromatic N) is 1. The monoisotopic (exact) mass is 268 g/mol. The van der Waals surface area contributed by atoms with E-state index in [1.807, 2.05) is 19.2 Å². The van der Waals surface area contributed by atoms with Gasteiger partial charge in [0.2, 0.25) is 0 Å². The van der Waals surface area contributed by atoms with E-state index in [1.54, 1.807) is 11.8 Å². The minimum absolute atomic E-state index is 0.159. The van der Waals surface area contributed by atoms with E-state index in [1.165, 1.54) is 31.6 Å². The molecule has 2 rings (SSSR count). The maximum absolute atomic E-state index is 12.7. The highest BCUT2D eigenvalue weighted by atomic mass is 32.2. The summed E-state index contributed by atoms with van der Waals surface area (Å²) in [5, 5.41) is 3.25. The number of rotatable bonds is 6. The normalized spacial score (nSPS) is 20.4. The lowest BCUT2D eigenvalue weighted by Gasteiger charge is -2.15. The lowest BCUT2D eigenvalue weighted by atomic mass is 10.1. The van der Waals surface area contributed by atoms with Crippen molar-refractivity contribution < 1.29 is 4.39 Å². The second-order valence-corrected chi connectivity index (χ2v) is 5.98. The van der Waals surface area contributed by atoms with Crippen LogP contribution >= 0.6 is 11.8 Å². The molecule has 1 unspecified atom stereocenters. The fraction of sp³-hybridized carbons (Fsp3) is 0.571. The highest BCUT2D eigenvalue weighted by molar-refractivity contribution is 7.99. The molecule has 1 aliphatic rings. The molecule has 1 fully saturated rings. The van der Waals surface area contributed by atoms with Crippen molar-refractivity contribution in [1.29, 1.82) is 0 Å². The molecule has 2 nitrogen and oxygen atoms in total. The predicted molar refractivity (Wildman–Crippen MR) is 75.6 cm³/mol. The van der Waals surface area contributed by atoms with E-state index < -0.39 is 0 Å². The van der Waals surface area contributed by atoms with E-state index >= 15 is 0 Å². The summed E-state index contributed by atoms with van der Waals surface area (Å²) >= 11 is 1.81. The predicted octanol–water partition coefficient (Wildman–Crippen LogP) is 2.46. The molecule has 1 saturated heterocycles. The summed E-state index contributed by atoms with van der Waals surface area (Å²) in [5.41, 5.74) is 0. The zero-order chi connectivity index (χ0) is 12.8. The minimum atomic E-state index is -0.159. The molecule has 1 N–H and O–H groups in total. The Hall–Kier alpha value is -0.580. The topological polar surface area (TPSA) is 15.3 Å². The standard InChI is InChI=1S/C14H21FN2S/c1-16-10-12-6-7-17(11-12)8-9-18-14-4-2-13(15)3-5-14/h2-5,12,16H,6-11H2,1H3. The van der Waals surface area contributed by atoms with E-state index in [9.17, 15) is 4.39 Å². The van der Waals surface area contributed by atoms with E-state index in [2.05, 4.69) is 10.2 Å². The Balaban J connectivity index is 1.65. The summed E-state index contributed by atoms with van der Waals surface area (Å²) in [6.45, 7) is 4.69. The van der Waals surface area contributed by atoms with Crippen LogP contribution in [0.5, 0.6) is 0 Å². The van der Waals surface area contributed by atoms with Crippen LogP contribution in [0.25, 0.3) is 0 Å². The highest BCUT2D eigenvalue weighted by Gasteiger charge is 2.20. The zero-order valence-electron chi connectivity index (χ0n) is 10.9. The maximum atomic E-state index is 12.7. The minimum Gasteiger partial charge on any atom is -0.319 e. The van der Waals surface area contributed by atoms with Crippen molar-refractivity contribution in [3.05, 3.63) is 30.1 Å². The average molecular weight is 268 g/mol. The first-order chi connectivity index (χ1) is 8.78. The van der Waals surface area contributed by atoms with Crippen LogP contribution in [0.3, 0.4) is 0 Å². The Morgan fingerprint density at radius 2 is 2.17 bits per heavy atom. The smallest absolute Gasteiger partial charge is 0.123 e. The maximum Gasteiger partial charge on any atom is 0.123 e. The van der Waals surface area contributed by atoms with Gasteiger partial charge in [-0.3, -0.25) is 0 Å². The van der Waals surface area contributed by atoms with Crippen LogP contribution in [-0.2, 0) is 0 Å². The lowest BCUT2D eigenvalue weighted by molar-refractivity contribution is 0.343. The van der Waals surface area contributed by atoms with E-state index in [0.29, 0.717) is 0 Å². The van der Waals surface area contributed by atoms with Gasteiger partial charge in [0.15, 0.2) is 0 Å². The van der Waals surface area contributed by atoms with Crippen LogP contribution in [0, 0.1) is 11.7 Å². The summed E-state index contributed by atoms with van der Waals surface area (Å²) in [4.78, 5) is 3.68. The summed E-state index contributed by atoms with van der Waals surface area (Å²) in [5.74, 6) is 1.73. The first-order valence-corrected chi connectivity index (χ1v) is 7.52. The van der Waals surface area contributed by atoms with Crippen LogP contribution in [0.1, 0.15) is 6.42 Å². The molecule has 1 aromatic carbocycles. The molecular weight excluding hydrogens is 247 g/mol. The fourth-order valence-corrected chi connectivity index (χ4v) is 3.31. The van der Waals surface area contributed by atoms with Crippen LogP contribution in [0.2, 0.25) is 0 Å². The third kappa shape index (κ3) is 4.26. The van der Waals surface area contributed by atoms with E-state index in [-0.39, 0.29) is 5.82 Å². The van der Waals surface area contributed by atoms with Gasteiger partial charge >= 0.3 is 0 Å². The van der Waals surface area contributed by atoms with Crippen molar-refractivity contribution in [1.82, 2.24) is 10.2 Å². The second kappa shape index (κ2) is 7.12. The summed E-state index contributed by atoms with van der Waals surface area (Å²) in [6, 6.07) is 6.77. The molecule has 100 valence electrons. The number of nitrogens with one attached hydrogen (secondary N) is 1. The van der Waals surface area contributed by atoms with Crippen molar-refractivity contribution in [2.45, 2.75) is 11.3 Å². The largest absolute Gasteiger partial charge is 0.319 e. The highest BCUT2D eigenvalue weighted by Crippen LogP contribution is 2.20. The molecule has 1 aliphatic heterocycles. The van der Waals surface area contributed by atoms with Gasteiger partial charge < -0.3 is 10.2 Å². The number of hydrogen-bond acceptors (Lipinski definition) is 3. The van der Waals surface area contributed by atoms with Crippen molar-refractivity contribution in [2.75, 3.05) is 39.0 Å². The van der Waals surface area contributed by atoms with E-state index in [0.717, 1.165) is 29.7 Å². The molecule has 0 aliphatic carbocycles. The molecule has 0 saturated carbocycles. The first kappa shape index (κ1) is 13.8. The number of halogens is 1. The van der Waals surface area contributed by atoms with E-state index in [4.69, 9.17) is 0 Å². The summed E-state index contributed by atoms with van der Waals surface area (Å²) in [7, 11) is 2.02. The molecular formula is C14H21FN2S. The summed E-state index contributed by atoms with van der Waals surface area (Å²) < 4.78 is 12.7. The van der Waals surface area contributed by atoms with Gasteiger partial charge in [0, 0.05) is 23.7 Å². The third-order valence-corrected chi connectivity index (χ3v) is 4.34. The first-order valence-electron chi connectivity index (χ1n) is 6.53. The van der Waals surface area contributed by atoms with Gasteiger partial charge in [0.1, 0.15) is 5.82 Å². The number of benzene rings is 1. The summed E-state index contributed by atoms with van der Waals surface area (Å²) in [6.07, 6.45) is 1.31. The van der Waals surface area contributed by atoms with Gasteiger partial charge in [-0.15, -0.1) is 11.8 Å². The van der Waals surface area contributed by atoms with Crippen molar-refractivity contribution in [3.63, 3.8) is 0 Å². The molecule has 0 amide bonds. The third-order valence-electron chi connectivity index (χ3n) is 3.35. The number of hydrogen-bond donors (Lipinski definition) is 1. The molecule has 1 aromatic rings. The Bertz CT molecular complexity index is 355. The van der Waals surface area contributed by atoms with Crippen LogP contribution in [0.4, 0.5) is 4.39 Å². The second-order valence-electron chi connectivity index (χ2n) is 4.82. The van der Waals surface area contributed by atoms with Gasteiger partial charge in [0.05, 0.1) is 0 Å². The quantitative estimate of drug-likeness (QED) is 0.798. The average Bonchev–Trinajstić information content (AvgIpc) is 2.80. The van der Waals surface area contributed by atoms with Crippen molar-refractivity contribution in [3.8, 4) is 0 Å². The van der Waals surface area contributed by atoms with Gasteiger partial charge in [-0.25, -0.2) is 4.39 Å². The SMILES string of the molecule is CNCC1CCN(CCSc2ccc(F)cc2)C1. The van der Waals surface area contributed by atoms with Gasteiger partial charge in [-0.2, -0.15) is 0 Å². The van der Waals surface area contributed by atoms with Gasteiger partial charge in [-0.1, -0.05) is 0 Å². The molecule has 18 heavy (non-hydrogen) atoms. The Labute approximate surface area is 113 Å². The Kier molecular flexibility index (Phi) is 5.47. The lowest BCUT2D eigenvalue weighted by Crippen LogP contribution is -2.26. The fourth-order valence-electron chi connectivity index (χ4n) is 2.39.